The number of hydrogen-bond donors (Lipinski definition) is 1. The lowest BCUT2D eigenvalue weighted by Gasteiger charge is -2.10. The minimum Gasteiger partial charge on any atom is -0.410 e. The molecule has 0 amide bonds. The molecule has 4 aromatic rings. The first-order valence-corrected chi connectivity index (χ1v) is 7.56. The van der Waals surface area contributed by atoms with Crippen LogP contribution in [0.5, 0.6) is 0 Å². The van der Waals surface area contributed by atoms with E-state index in [2.05, 4.69) is 35.5 Å². The second-order valence-corrected chi connectivity index (χ2v) is 5.54. The summed E-state index contributed by atoms with van der Waals surface area (Å²) in [5, 5.41) is 17.8. The molecule has 0 aliphatic heterocycles. The van der Waals surface area contributed by atoms with Crippen molar-refractivity contribution in [3.8, 4) is 0 Å². The molecular weight excluding hydrogens is 282 g/mol. The summed E-state index contributed by atoms with van der Waals surface area (Å²) in [6.07, 6.45) is 0. The van der Waals surface area contributed by atoms with Crippen LogP contribution in [0.4, 0.5) is 0 Å². The summed E-state index contributed by atoms with van der Waals surface area (Å²) in [5.74, 6) is 0. The van der Waals surface area contributed by atoms with Crippen molar-refractivity contribution in [1.29, 1.82) is 0 Å². The van der Waals surface area contributed by atoms with E-state index >= 15 is 0 Å². The Labute approximate surface area is 134 Å². The smallest absolute Gasteiger partial charge is 0.117 e. The van der Waals surface area contributed by atoms with E-state index in [0.717, 1.165) is 21.9 Å². The van der Waals surface area contributed by atoms with Crippen molar-refractivity contribution in [1.82, 2.24) is 0 Å². The normalized spacial score (nSPS) is 11.9. The van der Waals surface area contributed by atoms with E-state index in [0.29, 0.717) is 5.71 Å². The van der Waals surface area contributed by atoms with Crippen molar-refractivity contribution in [3.05, 3.63) is 96.1 Å². The van der Waals surface area contributed by atoms with Crippen LogP contribution in [-0.2, 0) is 0 Å². The van der Waals surface area contributed by atoms with Gasteiger partial charge in [0.05, 0.1) is 0 Å². The van der Waals surface area contributed by atoms with Crippen LogP contribution in [-0.4, -0.2) is 10.9 Å². The van der Waals surface area contributed by atoms with Gasteiger partial charge >= 0.3 is 0 Å². The standard InChI is InChI=1S/C21H15NO/c23-22-21(15-7-2-1-3-8-15)19-12-6-11-18-13-16-9-4-5-10-17(16)14-20(18)19/h1-14,23H/b22-21-. The molecule has 2 nitrogen and oxygen atoms in total. The minimum absolute atomic E-state index is 0.589. The zero-order chi connectivity index (χ0) is 15.6. The van der Waals surface area contributed by atoms with Gasteiger partial charge in [0.25, 0.3) is 0 Å². The Kier molecular flexibility index (Phi) is 3.28. The van der Waals surface area contributed by atoms with Crippen LogP contribution in [0.3, 0.4) is 0 Å². The highest BCUT2D eigenvalue weighted by atomic mass is 16.4. The topological polar surface area (TPSA) is 32.6 Å². The van der Waals surface area contributed by atoms with E-state index < -0.39 is 0 Å². The van der Waals surface area contributed by atoms with E-state index in [9.17, 15) is 5.21 Å². The average Bonchev–Trinajstić information content (AvgIpc) is 2.62. The van der Waals surface area contributed by atoms with Gasteiger partial charge in [-0.1, -0.05) is 78.0 Å². The van der Waals surface area contributed by atoms with Crippen molar-refractivity contribution >= 4 is 27.3 Å². The highest BCUT2D eigenvalue weighted by Crippen LogP contribution is 2.27. The number of fused-ring (bicyclic) bond motifs is 2. The van der Waals surface area contributed by atoms with E-state index in [1.165, 1.54) is 10.8 Å². The van der Waals surface area contributed by atoms with Crippen molar-refractivity contribution in [2.75, 3.05) is 0 Å². The number of oxime groups is 1. The first kappa shape index (κ1) is 13.5. The largest absolute Gasteiger partial charge is 0.410 e. The third-order valence-corrected chi connectivity index (χ3v) is 4.15. The molecule has 0 heterocycles. The molecule has 0 atom stereocenters. The predicted octanol–water partition coefficient (Wildman–Crippen LogP) is 5.22. The second-order valence-electron chi connectivity index (χ2n) is 5.54. The monoisotopic (exact) mass is 297 g/mol. The molecular formula is C21H15NO. The molecule has 0 saturated heterocycles. The maximum absolute atomic E-state index is 9.59. The van der Waals surface area contributed by atoms with Crippen molar-refractivity contribution in [2.45, 2.75) is 0 Å². The Bertz CT molecular complexity index is 1020. The lowest BCUT2D eigenvalue weighted by atomic mass is 9.94. The van der Waals surface area contributed by atoms with Crippen molar-refractivity contribution < 1.29 is 5.21 Å². The molecule has 0 radical (unpaired) electrons. The molecule has 0 fully saturated rings. The summed E-state index contributed by atoms with van der Waals surface area (Å²) < 4.78 is 0. The van der Waals surface area contributed by atoms with Gasteiger partial charge in [0.2, 0.25) is 0 Å². The molecule has 0 unspecified atom stereocenters. The third-order valence-electron chi connectivity index (χ3n) is 4.15. The average molecular weight is 297 g/mol. The molecule has 0 aliphatic rings. The summed E-state index contributed by atoms with van der Waals surface area (Å²) in [7, 11) is 0. The first-order valence-electron chi connectivity index (χ1n) is 7.56. The molecule has 0 aliphatic carbocycles. The van der Waals surface area contributed by atoms with Gasteiger partial charge < -0.3 is 5.21 Å². The van der Waals surface area contributed by atoms with Crippen LogP contribution in [0.2, 0.25) is 0 Å². The fraction of sp³-hybridized carbons (Fsp3) is 0. The molecule has 1 N–H and O–H groups in total. The summed E-state index contributed by atoms with van der Waals surface area (Å²) in [4.78, 5) is 0. The Morgan fingerprint density at radius 3 is 2.04 bits per heavy atom. The molecule has 0 saturated carbocycles. The molecule has 4 aromatic carbocycles. The molecule has 0 bridgehead atoms. The summed E-state index contributed by atoms with van der Waals surface area (Å²) in [6.45, 7) is 0. The summed E-state index contributed by atoms with van der Waals surface area (Å²) in [6, 6.07) is 28.5. The Balaban J connectivity index is 2.01. The lowest BCUT2D eigenvalue weighted by Crippen LogP contribution is -2.04. The molecule has 2 heteroatoms. The van der Waals surface area contributed by atoms with Crippen LogP contribution in [0.1, 0.15) is 11.1 Å². The molecule has 23 heavy (non-hydrogen) atoms. The van der Waals surface area contributed by atoms with E-state index in [1.54, 1.807) is 0 Å². The SMILES string of the molecule is O/N=C(/c1ccccc1)c1cccc2cc3ccccc3cc12. The third kappa shape index (κ3) is 2.34. The fourth-order valence-corrected chi connectivity index (χ4v) is 3.04. The Hall–Kier alpha value is -3.13. The predicted molar refractivity (Wildman–Crippen MR) is 95.3 cm³/mol. The van der Waals surface area contributed by atoms with E-state index in [-0.39, 0.29) is 0 Å². The molecule has 110 valence electrons. The van der Waals surface area contributed by atoms with Gasteiger partial charge in [-0.2, -0.15) is 0 Å². The van der Waals surface area contributed by atoms with Gasteiger partial charge in [-0.15, -0.1) is 0 Å². The minimum atomic E-state index is 0.589. The Morgan fingerprint density at radius 1 is 0.652 bits per heavy atom. The zero-order valence-corrected chi connectivity index (χ0v) is 12.5. The summed E-state index contributed by atoms with van der Waals surface area (Å²) in [5.41, 5.74) is 2.42. The fourth-order valence-electron chi connectivity index (χ4n) is 3.04. The van der Waals surface area contributed by atoms with Gasteiger partial charge in [-0.3, -0.25) is 0 Å². The van der Waals surface area contributed by atoms with E-state index in [1.807, 2.05) is 54.6 Å². The van der Waals surface area contributed by atoms with Gasteiger partial charge in [0.15, 0.2) is 0 Å². The lowest BCUT2D eigenvalue weighted by molar-refractivity contribution is 0.319. The number of benzene rings is 4. The van der Waals surface area contributed by atoms with Gasteiger partial charge in [0.1, 0.15) is 5.71 Å². The highest BCUT2D eigenvalue weighted by molar-refractivity contribution is 6.20. The van der Waals surface area contributed by atoms with Gasteiger partial charge in [-0.25, -0.2) is 0 Å². The van der Waals surface area contributed by atoms with Crippen LogP contribution in [0, 0.1) is 0 Å². The summed E-state index contributed by atoms with van der Waals surface area (Å²) >= 11 is 0. The van der Waals surface area contributed by atoms with Crippen molar-refractivity contribution in [3.63, 3.8) is 0 Å². The van der Waals surface area contributed by atoms with Crippen LogP contribution in [0.25, 0.3) is 21.5 Å². The molecule has 0 spiro atoms. The maximum Gasteiger partial charge on any atom is 0.117 e. The van der Waals surface area contributed by atoms with Crippen molar-refractivity contribution in [2.24, 2.45) is 5.16 Å². The Morgan fingerprint density at radius 2 is 1.30 bits per heavy atom. The van der Waals surface area contributed by atoms with Gasteiger partial charge in [-0.05, 0) is 33.7 Å². The molecule has 0 aromatic heterocycles. The highest BCUT2D eigenvalue weighted by Gasteiger charge is 2.11. The number of nitrogens with zero attached hydrogens (tertiary/aromatic N) is 1. The van der Waals surface area contributed by atoms with Crippen LogP contribution in [0.15, 0.2) is 90.1 Å². The maximum atomic E-state index is 9.59. The van der Waals surface area contributed by atoms with E-state index in [4.69, 9.17) is 0 Å². The number of rotatable bonds is 2. The second kappa shape index (κ2) is 5.58. The molecule has 4 rings (SSSR count). The zero-order valence-electron chi connectivity index (χ0n) is 12.5. The van der Waals surface area contributed by atoms with Gasteiger partial charge in [0, 0.05) is 11.1 Å². The number of hydrogen-bond acceptors (Lipinski definition) is 2. The quantitative estimate of drug-likeness (QED) is 0.234. The first-order chi connectivity index (χ1) is 11.4. The van der Waals surface area contributed by atoms with Crippen LogP contribution >= 0.6 is 0 Å². The van der Waals surface area contributed by atoms with Crippen LogP contribution < -0.4 is 0 Å².